The number of fused-ring (bicyclic) bond motifs is 1. The van der Waals surface area contributed by atoms with Crippen molar-refractivity contribution in [3.63, 3.8) is 0 Å². The fourth-order valence-corrected chi connectivity index (χ4v) is 4.63. The summed E-state index contributed by atoms with van der Waals surface area (Å²) in [5.74, 6) is -0.981. The minimum absolute atomic E-state index is 0.131. The molecule has 192 valence electrons. The molecule has 0 radical (unpaired) electrons. The molecule has 4 aromatic rings. The topological polar surface area (TPSA) is 78.8 Å². The zero-order chi connectivity index (χ0) is 26.4. The lowest BCUT2D eigenvalue weighted by molar-refractivity contribution is -0.00400. The number of rotatable bonds is 11. The Hall–Kier alpha value is -3.51. The molecule has 0 amide bonds. The molecule has 0 saturated carbocycles. The van der Waals surface area contributed by atoms with E-state index >= 15 is 0 Å². The number of aromatic carboxylic acids is 1. The van der Waals surface area contributed by atoms with Crippen LogP contribution >= 0.6 is 0 Å². The van der Waals surface area contributed by atoms with E-state index in [-0.39, 0.29) is 17.7 Å². The lowest BCUT2D eigenvalue weighted by atomic mass is 9.93. The van der Waals surface area contributed by atoms with Crippen molar-refractivity contribution in [2.75, 3.05) is 13.2 Å². The average Bonchev–Trinajstić information content (AvgIpc) is 2.90. The van der Waals surface area contributed by atoms with Crippen LogP contribution in [0.4, 0.5) is 0 Å². The van der Waals surface area contributed by atoms with Gasteiger partial charge in [0.1, 0.15) is 0 Å². The molecule has 0 saturated heterocycles. The number of carboxylic acid groups (broad SMARTS) is 1. The van der Waals surface area contributed by atoms with Gasteiger partial charge in [-0.3, -0.25) is 0 Å². The van der Waals surface area contributed by atoms with Crippen LogP contribution in [0.2, 0.25) is 0 Å². The average molecular weight is 498 g/mol. The van der Waals surface area contributed by atoms with Crippen molar-refractivity contribution in [2.24, 2.45) is 0 Å². The van der Waals surface area contributed by atoms with Crippen LogP contribution in [0.1, 0.15) is 48.4 Å². The highest BCUT2D eigenvalue weighted by atomic mass is 16.5. The van der Waals surface area contributed by atoms with E-state index in [1.165, 1.54) is 16.3 Å². The van der Waals surface area contributed by atoms with Crippen LogP contribution < -0.4 is 5.32 Å². The molecule has 4 rings (SSSR count). The Morgan fingerprint density at radius 3 is 2.35 bits per heavy atom. The first-order valence-electron chi connectivity index (χ1n) is 12.7. The predicted molar refractivity (Wildman–Crippen MR) is 149 cm³/mol. The first kappa shape index (κ1) is 26.6. The second-order valence-electron chi connectivity index (χ2n) is 10.2. The van der Waals surface area contributed by atoms with Gasteiger partial charge in [0.25, 0.3) is 0 Å². The lowest BCUT2D eigenvalue weighted by Crippen LogP contribution is -2.46. The zero-order valence-electron chi connectivity index (χ0n) is 21.6. The van der Waals surface area contributed by atoms with Crippen LogP contribution in [0.15, 0.2) is 91.0 Å². The third-order valence-corrected chi connectivity index (χ3v) is 6.64. The summed E-state index contributed by atoms with van der Waals surface area (Å²) in [5.41, 5.74) is 3.92. The number of ether oxygens (including phenoxy) is 1. The normalized spacial score (nSPS) is 13.4. The van der Waals surface area contributed by atoms with Crippen molar-refractivity contribution < 1.29 is 19.7 Å². The number of carboxylic acids is 1. The number of aliphatic hydroxyl groups excluding tert-OH is 1. The quantitative estimate of drug-likeness (QED) is 0.228. The molecule has 3 N–H and O–H groups in total. The van der Waals surface area contributed by atoms with E-state index < -0.39 is 18.2 Å². The second kappa shape index (κ2) is 11.7. The van der Waals surface area contributed by atoms with Crippen LogP contribution in [0.25, 0.3) is 21.9 Å². The minimum Gasteiger partial charge on any atom is -0.478 e. The highest BCUT2D eigenvalue weighted by Crippen LogP contribution is 2.31. The van der Waals surface area contributed by atoms with Crippen molar-refractivity contribution >= 4 is 16.7 Å². The lowest BCUT2D eigenvalue weighted by Gasteiger charge is -2.28. The van der Waals surface area contributed by atoms with Crippen molar-refractivity contribution in [1.29, 1.82) is 0 Å². The summed E-state index contributed by atoms with van der Waals surface area (Å²) in [6, 6.07) is 29.8. The van der Waals surface area contributed by atoms with Crippen molar-refractivity contribution in [2.45, 2.75) is 44.9 Å². The summed E-state index contributed by atoms with van der Waals surface area (Å²) >= 11 is 0. The Morgan fingerprint density at radius 1 is 0.919 bits per heavy atom. The molecule has 0 heterocycles. The molecule has 0 aliphatic rings. The van der Waals surface area contributed by atoms with Crippen LogP contribution in [-0.2, 0) is 11.2 Å². The monoisotopic (exact) mass is 497 g/mol. The van der Waals surface area contributed by atoms with Gasteiger partial charge < -0.3 is 20.3 Å². The number of nitrogens with one attached hydrogen (secondary N) is 1. The molecular formula is C32H35NO4. The highest BCUT2D eigenvalue weighted by molar-refractivity contribution is 5.89. The molecule has 0 aromatic heterocycles. The van der Waals surface area contributed by atoms with Gasteiger partial charge in [-0.15, -0.1) is 0 Å². The van der Waals surface area contributed by atoms with Crippen LogP contribution in [0.5, 0.6) is 0 Å². The Bertz CT molecular complexity index is 1350. The van der Waals surface area contributed by atoms with Crippen LogP contribution in [-0.4, -0.2) is 41.0 Å². The third kappa shape index (κ3) is 7.04. The van der Waals surface area contributed by atoms with E-state index in [9.17, 15) is 15.0 Å². The van der Waals surface area contributed by atoms with Crippen molar-refractivity contribution in [1.82, 2.24) is 5.32 Å². The molecule has 5 nitrogen and oxygen atoms in total. The molecule has 37 heavy (non-hydrogen) atoms. The fourth-order valence-electron chi connectivity index (χ4n) is 4.63. The molecule has 0 aliphatic carbocycles. The summed E-state index contributed by atoms with van der Waals surface area (Å²) in [7, 11) is 0. The van der Waals surface area contributed by atoms with Gasteiger partial charge in [-0.05, 0) is 72.4 Å². The molecule has 5 heteroatoms. The molecule has 0 spiro atoms. The summed E-state index contributed by atoms with van der Waals surface area (Å²) in [6.45, 7) is 6.65. The fraction of sp³-hybridized carbons (Fsp3) is 0.281. The van der Waals surface area contributed by atoms with E-state index in [1.807, 2.05) is 55.5 Å². The van der Waals surface area contributed by atoms with Gasteiger partial charge in [0.05, 0.1) is 24.4 Å². The van der Waals surface area contributed by atoms with Crippen LogP contribution in [0, 0.1) is 0 Å². The largest absolute Gasteiger partial charge is 0.478 e. The van der Waals surface area contributed by atoms with E-state index in [0.717, 1.165) is 23.1 Å². The number of aliphatic hydroxyl groups is 1. The Morgan fingerprint density at radius 2 is 1.62 bits per heavy atom. The first-order chi connectivity index (χ1) is 17.7. The summed E-state index contributed by atoms with van der Waals surface area (Å²) < 4.78 is 6.04. The molecule has 1 unspecified atom stereocenters. The van der Waals surface area contributed by atoms with Crippen LogP contribution in [0.3, 0.4) is 0 Å². The number of hydrogen-bond acceptors (Lipinski definition) is 4. The first-order valence-corrected chi connectivity index (χ1v) is 12.7. The van der Waals surface area contributed by atoms with Gasteiger partial charge in [-0.1, -0.05) is 78.9 Å². The predicted octanol–water partition coefficient (Wildman–Crippen LogP) is 6.25. The standard InChI is InChI=1S/C32H35NO4/c1-22(30-18-27(31(35)36)15-16-29(30)25-10-5-4-6-11-25)37-21-28(34)20-33-32(2,3)19-23-13-14-24-9-7-8-12-26(24)17-23/h4-18,22,28,33-34H,19-21H2,1-3H3,(H,35,36)/t22?,28-/m1/s1. The maximum atomic E-state index is 11.6. The van der Waals surface area contributed by atoms with E-state index in [4.69, 9.17) is 4.74 Å². The number of benzene rings is 4. The van der Waals surface area contributed by atoms with E-state index in [2.05, 4.69) is 49.5 Å². The molecule has 2 atom stereocenters. The maximum absolute atomic E-state index is 11.6. The smallest absolute Gasteiger partial charge is 0.335 e. The van der Waals surface area contributed by atoms with Crippen molar-refractivity contribution in [3.8, 4) is 11.1 Å². The Kier molecular flexibility index (Phi) is 8.39. The Balaban J connectivity index is 1.36. The number of β-amino-alcohol motifs (C(OH)–C–C–N with tert-alkyl or cyclic N) is 1. The minimum atomic E-state index is -0.981. The van der Waals surface area contributed by atoms with E-state index in [1.54, 1.807) is 12.1 Å². The maximum Gasteiger partial charge on any atom is 0.335 e. The van der Waals surface area contributed by atoms with E-state index in [0.29, 0.717) is 6.54 Å². The van der Waals surface area contributed by atoms with Gasteiger partial charge in [0, 0.05) is 12.1 Å². The molecule has 0 aliphatic heterocycles. The van der Waals surface area contributed by atoms with Gasteiger partial charge in [0.15, 0.2) is 0 Å². The molecular weight excluding hydrogens is 462 g/mol. The molecule has 4 aromatic carbocycles. The molecule has 0 bridgehead atoms. The Labute approximate surface area is 218 Å². The van der Waals surface area contributed by atoms with Crippen molar-refractivity contribution in [3.05, 3.63) is 108 Å². The number of carbonyl (C=O) groups is 1. The number of hydrogen-bond donors (Lipinski definition) is 3. The SMILES string of the molecule is CC(OC[C@H](O)CNC(C)(C)Cc1ccc2ccccc2c1)c1cc(C(=O)O)ccc1-c1ccccc1. The summed E-state index contributed by atoms with van der Waals surface area (Å²) in [4.78, 5) is 11.6. The van der Waals surface area contributed by atoms with Gasteiger partial charge in [0.2, 0.25) is 0 Å². The highest BCUT2D eigenvalue weighted by Gasteiger charge is 2.21. The second-order valence-corrected chi connectivity index (χ2v) is 10.2. The summed E-state index contributed by atoms with van der Waals surface area (Å²) in [6.07, 6.45) is -0.277. The molecule has 0 fully saturated rings. The van der Waals surface area contributed by atoms with Gasteiger partial charge >= 0.3 is 5.97 Å². The van der Waals surface area contributed by atoms with Gasteiger partial charge in [-0.25, -0.2) is 4.79 Å². The third-order valence-electron chi connectivity index (χ3n) is 6.64. The summed E-state index contributed by atoms with van der Waals surface area (Å²) in [5, 5.41) is 26.1. The van der Waals surface area contributed by atoms with Gasteiger partial charge in [-0.2, -0.15) is 0 Å². The zero-order valence-corrected chi connectivity index (χ0v) is 21.6.